The molecular weight excluding hydrogens is 360 g/mol. The van der Waals surface area contributed by atoms with E-state index >= 15 is 0 Å². The summed E-state index contributed by atoms with van der Waals surface area (Å²) in [5.74, 6) is 2.27. The van der Waals surface area contributed by atoms with Crippen molar-refractivity contribution >= 4 is 39.3 Å². The number of carbonyl (C=O) groups is 1. The second kappa shape index (κ2) is 15.4. The molecule has 0 aliphatic rings. The van der Waals surface area contributed by atoms with Crippen LogP contribution in [-0.4, -0.2) is 48.4 Å². The summed E-state index contributed by atoms with van der Waals surface area (Å²) < 4.78 is 5.77. The molecule has 0 saturated heterocycles. The molecule has 4 nitrogen and oxygen atoms in total. The van der Waals surface area contributed by atoms with Gasteiger partial charge in [-0.15, -0.1) is 11.8 Å². The van der Waals surface area contributed by atoms with Gasteiger partial charge in [0.1, 0.15) is 5.94 Å². The molecule has 0 aromatic carbocycles. The number of carbonyl (C=O) groups excluding carboxylic acids is 1. The SMILES string of the molecule is CSCNCC(C)(C)SSCOCCCC(=O)NC/C=C/C(C)C. The van der Waals surface area contributed by atoms with Gasteiger partial charge in [0.25, 0.3) is 0 Å². The van der Waals surface area contributed by atoms with Crippen LogP contribution >= 0.6 is 33.3 Å². The normalized spacial score (nSPS) is 12.2. The van der Waals surface area contributed by atoms with Crippen LogP contribution in [0.2, 0.25) is 0 Å². The van der Waals surface area contributed by atoms with Gasteiger partial charge in [-0.05, 0) is 32.4 Å². The largest absolute Gasteiger partial charge is 0.370 e. The minimum atomic E-state index is 0.0926. The lowest BCUT2D eigenvalue weighted by Gasteiger charge is -2.23. The molecule has 0 aliphatic heterocycles. The molecule has 0 atom stereocenters. The van der Waals surface area contributed by atoms with Crippen molar-refractivity contribution in [3.63, 3.8) is 0 Å². The molecular formula is C17H34N2O2S3. The molecule has 142 valence electrons. The lowest BCUT2D eigenvalue weighted by Crippen LogP contribution is -2.31. The van der Waals surface area contributed by atoms with E-state index in [0.717, 1.165) is 18.8 Å². The Balaban J connectivity index is 3.48. The van der Waals surface area contributed by atoms with Crippen molar-refractivity contribution in [3.05, 3.63) is 12.2 Å². The summed E-state index contributed by atoms with van der Waals surface area (Å²) in [5, 5.41) is 6.30. The van der Waals surface area contributed by atoms with E-state index < -0.39 is 0 Å². The highest BCUT2D eigenvalue weighted by Crippen LogP contribution is 2.35. The fourth-order valence-electron chi connectivity index (χ4n) is 1.70. The van der Waals surface area contributed by atoms with Gasteiger partial charge in [0.15, 0.2) is 0 Å². The maximum absolute atomic E-state index is 11.6. The molecule has 2 N–H and O–H groups in total. The van der Waals surface area contributed by atoms with E-state index in [9.17, 15) is 4.79 Å². The summed E-state index contributed by atoms with van der Waals surface area (Å²) in [4.78, 5) is 11.6. The van der Waals surface area contributed by atoms with Gasteiger partial charge in [0.2, 0.25) is 5.91 Å². The van der Waals surface area contributed by atoms with Crippen LogP contribution in [-0.2, 0) is 9.53 Å². The molecule has 0 radical (unpaired) electrons. The molecule has 0 heterocycles. The van der Waals surface area contributed by atoms with E-state index in [1.54, 1.807) is 22.6 Å². The van der Waals surface area contributed by atoms with Crippen LogP contribution in [0, 0.1) is 5.92 Å². The summed E-state index contributed by atoms with van der Waals surface area (Å²) in [7, 11) is 3.58. The van der Waals surface area contributed by atoms with Gasteiger partial charge in [-0.1, -0.05) is 47.6 Å². The maximum Gasteiger partial charge on any atom is 0.220 e. The smallest absolute Gasteiger partial charge is 0.220 e. The Morgan fingerprint density at radius 2 is 2.08 bits per heavy atom. The molecule has 0 aromatic heterocycles. The Bertz CT molecular complexity index is 351. The minimum Gasteiger partial charge on any atom is -0.370 e. The molecule has 0 aromatic rings. The van der Waals surface area contributed by atoms with Crippen LogP contribution < -0.4 is 10.6 Å². The summed E-state index contributed by atoms with van der Waals surface area (Å²) >= 11 is 1.80. The van der Waals surface area contributed by atoms with Crippen LogP contribution in [0.15, 0.2) is 12.2 Å². The highest BCUT2D eigenvalue weighted by Gasteiger charge is 2.18. The second-order valence-corrected chi connectivity index (χ2v) is 10.2. The lowest BCUT2D eigenvalue weighted by atomic mass is 10.2. The lowest BCUT2D eigenvalue weighted by molar-refractivity contribution is -0.121. The van der Waals surface area contributed by atoms with Gasteiger partial charge in [-0.3, -0.25) is 4.79 Å². The Morgan fingerprint density at radius 3 is 2.75 bits per heavy atom. The number of hydrogen-bond donors (Lipinski definition) is 2. The van der Waals surface area contributed by atoms with Crippen molar-refractivity contribution in [1.82, 2.24) is 10.6 Å². The fourth-order valence-corrected chi connectivity index (χ4v) is 4.20. The molecule has 0 rings (SSSR count). The molecule has 1 amide bonds. The number of ether oxygens (including phenoxy) is 1. The van der Waals surface area contributed by atoms with E-state index in [0.29, 0.717) is 31.4 Å². The Morgan fingerprint density at radius 1 is 1.33 bits per heavy atom. The number of thioether (sulfide) groups is 1. The molecule has 0 fully saturated rings. The zero-order valence-corrected chi connectivity index (χ0v) is 18.2. The fraction of sp³-hybridized carbons (Fsp3) is 0.824. The quantitative estimate of drug-likeness (QED) is 0.188. The number of rotatable bonds is 15. The number of hydrogen-bond acceptors (Lipinski definition) is 6. The zero-order chi connectivity index (χ0) is 18.3. The molecule has 0 saturated carbocycles. The Kier molecular flexibility index (Phi) is 15.6. The van der Waals surface area contributed by atoms with Gasteiger partial charge >= 0.3 is 0 Å². The first-order valence-corrected chi connectivity index (χ1v) is 12.1. The molecule has 0 spiro atoms. The standard InChI is InChI=1S/C17H34N2O2S3/c1-15(2)8-6-10-19-16(20)9-7-11-21-14-23-24-17(3,4)12-18-13-22-5/h6,8,15,18H,7,9-14H2,1-5H3,(H,19,20)/b8-6+. The second-order valence-electron chi connectivity index (χ2n) is 6.43. The highest BCUT2D eigenvalue weighted by atomic mass is 33.1. The van der Waals surface area contributed by atoms with Crippen LogP contribution in [0.4, 0.5) is 0 Å². The van der Waals surface area contributed by atoms with Crippen molar-refractivity contribution in [2.24, 2.45) is 5.92 Å². The average Bonchev–Trinajstić information content (AvgIpc) is 2.50. The zero-order valence-electron chi connectivity index (χ0n) is 15.7. The first-order chi connectivity index (χ1) is 11.4. The molecule has 0 bridgehead atoms. The summed E-state index contributed by atoms with van der Waals surface area (Å²) in [6.45, 7) is 10.9. The van der Waals surface area contributed by atoms with E-state index in [4.69, 9.17) is 4.74 Å². The number of amides is 1. The van der Waals surface area contributed by atoms with E-state index in [2.05, 4.69) is 50.7 Å². The van der Waals surface area contributed by atoms with E-state index in [1.807, 2.05) is 16.9 Å². The summed E-state index contributed by atoms with van der Waals surface area (Å²) in [5.41, 5.74) is 0. The summed E-state index contributed by atoms with van der Waals surface area (Å²) in [6.07, 6.45) is 7.48. The molecule has 0 aliphatic carbocycles. The van der Waals surface area contributed by atoms with E-state index in [-0.39, 0.29) is 10.7 Å². The monoisotopic (exact) mass is 394 g/mol. The predicted octanol–water partition coefficient (Wildman–Crippen LogP) is 4.14. The minimum absolute atomic E-state index is 0.0926. The van der Waals surface area contributed by atoms with Crippen molar-refractivity contribution < 1.29 is 9.53 Å². The van der Waals surface area contributed by atoms with Crippen LogP contribution in [0.3, 0.4) is 0 Å². The third kappa shape index (κ3) is 17.0. The molecule has 7 heteroatoms. The van der Waals surface area contributed by atoms with Crippen molar-refractivity contribution in [2.45, 2.75) is 45.3 Å². The average molecular weight is 395 g/mol. The summed E-state index contributed by atoms with van der Waals surface area (Å²) in [6, 6.07) is 0. The number of allylic oxidation sites excluding steroid dienone is 1. The van der Waals surface area contributed by atoms with Gasteiger partial charge < -0.3 is 15.4 Å². The molecule has 0 unspecified atom stereocenters. The van der Waals surface area contributed by atoms with Gasteiger partial charge in [0.05, 0.1) is 0 Å². The first-order valence-electron chi connectivity index (χ1n) is 8.39. The Hall–Kier alpha value is 0.180. The van der Waals surface area contributed by atoms with Crippen LogP contribution in [0.1, 0.15) is 40.5 Å². The van der Waals surface area contributed by atoms with Gasteiger partial charge in [-0.2, -0.15) is 0 Å². The predicted molar refractivity (Wildman–Crippen MR) is 113 cm³/mol. The van der Waals surface area contributed by atoms with Gasteiger partial charge in [-0.25, -0.2) is 0 Å². The Labute approximate surface area is 160 Å². The first kappa shape index (κ1) is 24.2. The third-order valence-corrected chi connectivity index (χ3v) is 6.31. The van der Waals surface area contributed by atoms with Crippen LogP contribution in [0.25, 0.3) is 0 Å². The van der Waals surface area contributed by atoms with Crippen molar-refractivity contribution in [3.8, 4) is 0 Å². The van der Waals surface area contributed by atoms with Gasteiger partial charge in [0, 0.05) is 36.7 Å². The highest BCUT2D eigenvalue weighted by molar-refractivity contribution is 8.77. The molecule has 24 heavy (non-hydrogen) atoms. The topological polar surface area (TPSA) is 50.4 Å². The van der Waals surface area contributed by atoms with E-state index in [1.165, 1.54) is 0 Å². The van der Waals surface area contributed by atoms with Crippen molar-refractivity contribution in [1.29, 1.82) is 0 Å². The third-order valence-electron chi connectivity index (χ3n) is 2.84. The number of nitrogens with one attached hydrogen (secondary N) is 2. The maximum atomic E-state index is 11.6. The van der Waals surface area contributed by atoms with Crippen LogP contribution in [0.5, 0.6) is 0 Å². The van der Waals surface area contributed by atoms with Crippen molar-refractivity contribution in [2.75, 3.05) is 37.8 Å².